The molecule has 0 spiro atoms. The molecule has 1 amide bonds. The smallest absolute Gasteiger partial charge is 0.326 e. The van der Waals surface area contributed by atoms with Crippen molar-refractivity contribution in [2.24, 2.45) is 22.7 Å². The minimum Gasteiger partial charge on any atom is -0.480 e. The summed E-state index contributed by atoms with van der Waals surface area (Å²) >= 11 is 0. The van der Waals surface area contributed by atoms with Crippen LogP contribution in [0.15, 0.2) is 23.8 Å². The van der Waals surface area contributed by atoms with Crippen LogP contribution in [-0.4, -0.2) is 81.5 Å². The highest BCUT2D eigenvalue weighted by atomic mass is 19.1. The minimum absolute atomic E-state index is 0.0849. The number of carbonyl (C=O) groups is 5. The van der Waals surface area contributed by atoms with E-state index in [9.17, 15) is 34.2 Å². The summed E-state index contributed by atoms with van der Waals surface area (Å²) in [7, 11) is 0. The molecule has 12 heteroatoms. The molecule has 9 atom stereocenters. The number of ketones is 2. The Morgan fingerprint density at radius 3 is 2.52 bits per heavy atom. The van der Waals surface area contributed by atoms with E-state index >= 15 is 4.39 Å². The van der Waals surface area contributed by atoms with Crippen LogP contribution in [0.2, 0.25) is 0 Å². The lowest BCUT2D eigenvalue weighted by Crippen LogP contribution is -2.69. The topological polar surface area (TPSA) is 166 Å². The third kappa shape index (κ3) is 4.20. The van der Waals surface area contributed by atoms with Crippen molar-refractivity contribution in [3.05, 3.63) is 23.8 Å². The number of halogens is 1. The van der Waals surface area contributed by atoms with E-state index in [0.717, 1.165) is 6.92 Å². The Labute approximate surface area is 242 Å². The maximum Gasteiger partial charge on any atom is 0.326 e. The van der Waals surface area contributed by atoms with Crippen molar-refractivity contribution in [3.63, 3.8) is 0 Å². The average molecular weight is 592 g/mol. The Bertz CT molecular complexity index is 1310. The number of amides is 1. The van der Waals surface area contributed by atoms with Gasteiger partial charge in [0.05, 0.1) is 18.6 Å². The molecule has 4 aliphatic carbocycles. The Hall–Kier alpha value is -2.96. The number of rotatable bonds is 7. The number of alkyl halides is 1. The highest BCUT2D eigenvalue weighted by molar-refractivity contribution is 5.94. The molecule has 1 unspecified atom stereocenters. The second-order valence-electron chi connectivity index (χ2n) is 13.2. The number of carboxylic acid groups (broad SMARTS) is 1. The number of ether oxygens (including phenoxy) is 3. The van der Waals surface area contributed by atoms with Crippen LogP contribution >= 0.6 is 0 Å². The third-order valence-electron chi connectivity index (χ3n) is 10.4. The predicted molar refractivity (Wildman–Crippen MR) is 142 cm³/mol. The summed E-state index contributed by atoms with van der Waals surface area (Å²) in [6, 6.07) is -1.53. The van der Waals surface area contributed by atoms with Gasteiger partial charge in [0.1, 0.15) is 6.04 Å². The lowest BCUT2D eigenvalue weighted by atomic mass is 9.45. The lowest BCUT2D eigenvalue weighted by Gasteiger charge is -2.62. The fourth-order valence-electron chi connectivity index (χ4n) is 8.64. The number of fused-ring (bicyclic) bond motifs is 7. The number of carbonyl (C=O) groups excluding carboxylic acids is 4. The number of nitrogens with one attached hydrogen (secondary N) is 1. The molecular weight excluding hydrogens is 553 g/mol. The standard InChI is InChI=1S/C30H38FNO10/c1-15(33)32-20(25(38)39)12-24(37)40-14-22(36)30-23(41-26(2,3)42-30)11-19-18-7-6-16-10-17(34)8-9-27(16,4)29(18,31)21(35)13-28(19,30)5/h6,8-9,18-21,23,35H,7,10-14H2,1-5H3,(H,32,33)(H,38,39)/t18-,19-,20?,21-,23+,27-,28-,29-,30+/m0/s1. The highest BCUT2D eigenvalue weighted by Gasteiger charge is 2.80. The van der Waals surface area contributed by atoms with Gasteiger partial charge in [0.15, 0.2) is 29.4 Å². The molecule has 1 aliphatic heterocycles. The number of allylic oxidation sites excluding steroid dienone is 4. The van der Waals surface area contributed by atoms with Crippen LogP contribution in [0.3, 0.4) is 0 Å². The Balaban J connectivity index is 1.45. The SMILES string of the molecule is CC(=O)NC(CC(=O)OCC(=O)[C@@]12OC(C)(C)O[C@@H]1C[C@H]1[C@@H]3CC=C4CC(=O)C=C[C@]4(C)[C@@]3(F)[C@@H](O)C[C@@]12C)C(=O)O. The molecule has 0 aromatic carbocycles. The molecule has 3 N–H and O–H groups in total. The molecule has 0 aromatic rings. The average Bonchev–Trinajstić information content (AvgIpc) is 3.29. The van der Waals surface area contributed by atoms with Gasteiger partial charge in [-0.3, -0.25) is 19.2 Å². The molecule has 5 rings (SSSR count). The van der Waals surface area contributed by atoms with Crippen molar-refractivity contribution >= 4 is 29.4 Å². The largest absolute Gasteiger partial charge is 0.480 e. The zero-order chi connectivity index (χ0) is 31.0. The summed E-state index contributed by atoms with van der Waals surface area (Å²) in [5.74, 6) is -6.25. The van der Waals surface area contributed by atoms with Gasteiger partial charge in [-0.05, 0) is 52.0 Å². The molecule has 1 saturated heterocycles. The zero-order valence-corrected chi connectivity index (χ0v) is 24.4. The van der Waals surface area contributed by atoms with Crippen molar-refractivity contribution in [2.75, 3.05) is 6.61 Å². The molecule has 230 valence electrons. The summed E-state index contributed by atoms with van der Waals surface area (Å²) in [5.41, 5.74) is -5.48. The van der Waals surface area contributed by atoms with Gasteiger partial charge in [-0.25, -0.2) is 9.18 Å². The molecule has 3 fully saturated rings. The first-order chi connectivity index (χ1) is 19.4. The van der Waals surface area contributed by atoms with Gasteiger partial charge in [0.2, 0.25) is 11.7 Å². The first-order valence-electron chi connectivity index (χ1n) is 14.3. The summed E-state index contributed by atoms with van der Waals surface area (Å²) in [4.78, 5) is 61.5. The van der Waals surface area contributed by atoms with Crippen LogP contribution in [0.5, 0.6) is 0 Å². The predicted octanol–water partition coefficient (Wildman–Crippen LogP) is 1.95. The van der Waals surface area contributed by atoms with Crippen LogP contribution in [0.25, 0.3) is 0 Å². The Morgan fingerprint density at radius 2 is 1.88 bits per heavy atom. The van der Waals surface area contributed by atoms with Gasteiger partial charge in [-0.15, -0.1) is 0 Å². The number of hydrogen-bond donors (Lipinski definition) is 3. The first kappa shape index (κ1) is 30.5. The number of hydrogen-bond acceptors (Lipinski definition) is 9. The van der Waals surface area contributed by atoms with E-state index in [1.165, 1.54) is 6.08 Å². The Morgan fingerprint density at radius 1 is 1.19 bits per heavy atom. The van der Waals surface area contributed by atoms with Crippen LogP contribution in [0.1, 0.15) is 66.7 Å². The molecule has 1 heterocycles. The van der Waals surface area contributed by atoms with E-state index in [1.54, 1.807) is 33.8 Å². The van der Waals surface area contributed by atoms with Gasteiger partial charge in [0, 0.05) is 30.1 Å². The van der Waals surface area contributed by atoms with Crippen molar-refractivity contribution < 1.29 is 52.8 Å². The number of aliphatic hydroxyl groups excluding tert-OH is 1. The van der Waals surface area contributed by atoms with Gasteiger partial charge >= 0.3 is 11.9 Å². The molecule has 0 aromatic heterocycles. The fourth-order valence-corrected chi connectivity index (χ4v) is 8.64. The van der Waals surface area contributed by atoms with E-state index in [1.807, 2.05) is 6.08 Å². The van der Waals surface area contributed by atoms with Gasteiger partial charge in [-0.2, -0.15) is 0 Å². The van der Waals surface area contributed by atoms with Crippen molar-refractivity contribution in [3.8, 4) is 0 Å². The van der Waals surface area contributed by atoms with E-state index in [4.69, 9.17) is 14.2 Å². The molecule has 42 heavy (non-hydrogen) atoms. The molecule has 0 bridgehead atoms. The van der Waals surface area contributed by atoms with Gasteiger partial charge in [0.25, 0.3) is 0 Å². The molecule has 0 radical (unpaired) electrons. The van der Waals surface area contributed by atoms with E-state index < -0.39 is 94.6 Å². The second-order valence-corrected chi connectivity index (χ2v) is 13.2. The highest BCUT2D eigenvalue weighted by Crippen LogP contribution is 2.71. The minimum atomic E-state index is -2.11. The summed E-state index contributed by atoms with van der Waals surface area (Å²) < 4.78 is 35.3. The zero-order valence-electron chi connectivity index (χ0n) is 24.4. The van der Waals surface area contributed by atoms with Crippen LogP contribution < -0.4 is 5.32 Å². The Kier molecular flexibility index (Phi) is 7.10. The fraction of sp³-hybridized carbons (Fsp3) is 0.700. The van der Waals surface area contributed by atoms with E-state index in [-0.39, 0.29) is 31.5 Å². The van der Waals surface area contributed by atoms with Crippen molar-refractivity contribution in [1.29, 1.82) is 0 Å². The maximum absolute atomic E-state index is 17.5. The summed E-state index contributed by atoms with van der Waals surface area (Å²) in [5, 5.41) is 23.1. The summed E-state index contributed by atoms with van der Waals surface area (Å²) in [6.07, 6.45) is 2.24. The number of carboxylic acids is 1. The van der Waals surface area contributed by atoms with Crippen molar-refractivity contribution in [2.45, 2.75) is 102 Å². The number of esters is 1. The third-order valence-corrected chi connectivity index (χ3v) is 10.4. The maximum atomic E-state index is 17.5. The molecule has 11 nitrogen and oxygen atoms in total. The quantitative estimate of drug-likeness (QED) is 0.294. The summed E-state index contributed by atoms with van der Waals surface area (Å²) in [6.45, 7) is 7.13. The molecular formula is C30H38FNO10. The van der Waals surface area contributed by atoms with E-state index in [0.29, 0.717) is 5.57 Å². The monoisotopic (exact) mass is 591 g/mol. The number of aliphatic carboxylic acids is 1. The normalized spacial score (nSPS) is 41.9. The van der Waals surface area contributed by atoms with Crippen LogP contribution in [0, 0.1) is 22.7 Å². The number of Topliss-reactive ketones (excluding diaryl/α,β-unsaturated/α-hetero) is 1. The van der Waals surface area contributed by atoms with Crippen LogP contribution in [0.4, 0.5) is 4.39 Å². The number of aliphatic hydroxyl groups is 1. The molecule has 5 aliphatic rings. The van der Waals surface area contributed by atoms with E-state index in [2.05, 4.69) is 5.32 Å². The first-order valence-corrected chi connectivity index (χ1v) is 14.3. The van der Waals surface area contributed by atoms with Crippen LogP contribution in [-0.2, 0) is 38.2 Å². The lowest BCUT2D eigenvalue weighted by molar-refractivity contribution is -0.243. The second kappa shape index (κ2) is 9.78. The molecule has 2 saturated carbocycles. The van der Waals surface area contributed by atoms with Gasteiger partial charge in [-0.1, -0.05) is 24.6 Å². The van der Waals surface area contributed by atoms with Crippen molar-refractivity contribution in [1.82, 2.24) is 5.32 Å². The van der Waals surface area contributed by atoms with Gasteiger partial charge < -0.3 is 29.7 Å².